The van der Waals surface area contributed by atoms with Crippen LogP contribution in [0, 0.1) is 5.82 Å². The minimum absolute atomic E-state index is 0.128. The van der Waals surface area contributed by atoms with Gasteiger partial charge in [-0.3, -0.25) is 20.4 Å². The number of rotatable bonds is 7. The van der Waals surface area contributed by atoms with E-state index in [1.165, 1.54) is 43.3 Å². The van der Waals surface area contributed by atoms with Crippen LogP contribution in [0.25, 0.3) is 0 Å². The van der Waals surface area contributed by atoms with Crippen molar-refractivity contribution in [2.75, 3.05) is 5.75 Å². The number of hydrogen-bond acceptors (Lipinski definition) is 5. The van der Waals surface area contributed by atoms with E-state index in [4.69, 9.17) is 4.74 Å². The lowest BCUT2D eigenvalue weighted by molar-refractivity contribution is -0.132. The molecule has 2 aromatic carbocycles. The second-order valence-electron chi connectivity index (χ2n) is 5.63. The Bertz CT molecular complexity index is 886. The third-order valence-corrected chi connectivity index (χ3v) is 5.25. The molecule has 0 unspecified atom stereocenters. The fraction of sp³-hybridized carbons (Fsp3) is 0.222. The van der Waals surface area contributed by atoms with Gasteiger partial charge in [-0.2, -0.15) is 0 Å². The molecule has 0 fully saturated rings. The Morgan fingerprint density at radius 3 is 2.30 bits per heavy atom. The van der Waals surface area contributed by atoms with E-state index in [1.807, 2.05) is 0 Å². The van der Waals surface area contributed by atoms with Crippen molar-refractivity contribution in [1.29, 1.82) is 0 Å². The van der Waals surface area contributed by atoms with Gasteiger partial charge in [0.1, 0.15) is 11.6 Å². The van der Waals surface area contributed by atoms with E-state index < -0.39 is 33.6 Å². The predicted molar refractivity (Wildman–Crippen MR) is 95.9 cm³/mol. The molecule has 0 bridgehead atoms. The number of carbonyl (C=O) groups is 2. The Morgan fingerprint density at radius 2 is 1.67 bits per heavy atom. The molecule has 0 aliphatic heterocycles. The van der Waals surface area contributed by atoms with E-state index in [0.717, 1.165) is 0 Å². The molecule has 2 aromatic rings. The smallest absolute Gasteiger partial charge is 0.279 e. The first-order valence-electron chi connectivity index (χ1n) is 8.06. The van der Waals surface area contributed by atoms with E-state index in [2.05, 4.69) is 10.9 Å². The van der Waals surface area contributed by atoms with Gasteiger partial charge in [-0.1, -0.05) is 18.2 Å². The minimum Gasteiger partial charge on any atom is -0.481 e. The van der Waals surface area contributed by atoms with Gasteiger partial charge in [-0.15, -0.1) is 0 Å². The van der Waals surface area contributed by atoms with Crippen LogP contribution < -0.4 is 15.6 Å². The van der Waals surface area contributed by atoms with Crippen LogP contribution in [0.15, 0.2) is 59.5 Å². The Labute approximate surface area is 156 Å². The van der Waals surface area contributed by atoms with Crippen molar-refractivity contribution in [3.63, 3.8) is 0 Å². The van der Waals surface area contributed by atoms with E-state index in [9.17, 15) is 22.4 Å². The van der Waals surface area contributed by atoms with Crippen LogP contribution in [-0.4, -0.2) is 32.1 Å². The molecule has 7 nitrogen and oxygen atoms in total. The van der Waals surface area contributed by atoms with Crippen LogP contribution in [0.2, 0.25) is 0 Å². The van der Waals surface area contributed by atoms with Crippen LogP contribution >= 0.6 is 0 Å². The van der Waals surface area contributed by atoms with Crippen molar-refractivity contribution in [3.05, 3.63) is 60.4 Å². The molecule has 0 saturated heterocycles. The fourth-order valence-corrected chi connectivity index (χ4v) is 3.30. The van der Waals surface area contributed by atoms with Crippen LogP contribution in [0.5, 0.6) is 5.75 Å². The second-order valence-corrected chi connectivity index (χ2v) is 7.74. The zero-order valence-electron chi connectivity index (χ0n) is 14.5. The van der Waals surface area contributed by atoms with Crippen molar-refractivity contribution in [2.45, 2.75) is 24.3 Å². The zero-order valence-corrected chi connectivity index (χ0v) is 15.3. The molecule has 0 radical (unpaired) electrons. The van der Waals surface area contributed by atoms with E-state index in [0.29, 0.717) is 5.75 Å². The van der Waals surface area contributed by atoms with E-state index in [-0.39, 0.29) is 17.1 Å². The summed E-state index contributed by atoms with van der Waals surface area (Å²) in [7, 11) is -3.58. The molecule has 27 heavy (non-hydrogen) atoms. The molecule has 2 amide bonds. The number of benzene rings is 2. The van der Waals surface area contributed by atoms with Gasteiger partial charge >= 0.3 is 0 Å². The van der Waals surface area contributed by atoms with Crippen LogP contribution in [-0.2, 0) is 19.4 Å². The molecule has 0 heterocycles. The minimum atomic E-state index is -3.58. The first-order chi connectivity index (χ1) is 12.8. The molecule has 0 aliphatic rings. The lowest BCUT2D eigenvalue weighted by Crippen LogP contribution is -2.47. The van der Waals surface area contributed by atoms with Gasteiger partial charge in [0.05, 0.1) is 10.6 Å². The largest absolute Gasteiger partial charge is 0.481 e. The molecule has 0 spiro atoms. The van der Waals surface area contributed by atoms with Gasteiger partial charge in [-0.05, 0) is 43.3 Å². The zero-order chi connectivity index (χ0) is 19.9. The van der Waals surface area contributed by atoms with Crippen LogP contribution in [0.3, 0.4) is 0 Å². The topological polar surface area (TPSA) is 102 Å². The van der Waals surface area contributed by atoms with E-state index in [1.54, 1.807) is 18.2 Å². The SMILES string of the molecule is C[C@H](Oc1ccc(F)cc1)C(=O)NNC(=O)CCS(=O)(=O)c1ccccc1. The predicted octanol–water partition coefficient (Wildman–Crippen LogP) is 1.60. The average molecular weight is 394 g/mol. The van der Waals surface area contributed by atoms with Crippen molar-refractivity contribution in [2.24, 2.45) is 0 Å². The third-order valence-electron chi connectivity index (χ3n) is 3.52. The first-order valence-corrected chi connectivity index (χ1v) is 9.72. The monoisotopic (exact) mass is 394 g/mol. The molecular weight excluding hydrogens is 375 g/mol. The fourth-order valence-electron chi connectivity index (χ4n) is 2.04. The van der Waals surface area contributed by atoms with Gasteiger partial charge in [0.2, 0.25) is 5.91 Å². The highest BCUT2D eigenvalue weighted by Gasteiger charge is 2.18. The Kier molecular flexibility index (Phi) is 6.89. The standard InChI is InChI=1S/C18H19FN2O5S/c1-13(26-15-9-7-14(19)8-10-15)18(23)21-20-17(22)11-12-27(24,25)16-5-3-2-4-6-16/h2-10,13H,11-12H2,1H3,(H,20,22)(H,21,23)/t13-/m0/s1. The summed E-state index contributed by atoms with van der Waals surface area (Å²) in [5.74, 6) is -1.83. The number of hydrogen-bond donors (Lipinski definition) is 2. The number of nitrogens with one attached hydrogen (secondary N) is 2. The van der Waals surface area contributed by atoms with Crippen LogP contribution in [0.1, 0.15) is 13.3 Å². The summed E-state index contributed by atoms with van der Waals surface area (Å²) in [5, 5.41) is 0. The number of sulfone groups is 1. The molecule has 2 rings (SSSR count). The first kappa shape index (κ1) is 20.4. The molecule has 144 valence electrons. The number of amides is 2. The quantitative estimate of drug-likeness (QED) is 0.695. The normalized spacial score (nSPS) is 12.1. The molecule has 0 saturated carbocycles. The van der Waals surface area contributed by atoms with Crippen molar-refractivity contribution in [3.8, 4) is 5.75 Å². The van der Waals surface area contributed by atoms with Crippen LogP contribution in [0.4, 0.5) is 4.39 Å². The summed E-state index contributed by atoms with van der Waals surface area (Å²) in [6.45, 7) is 1.45. The van der Waals surface area contributed by atoms with E-state index >= 15 is 0 Å². The average Bonchev–Trinajstić information content (AvgIpc) is 2.67. The molecule has 0 aliphatic carbocycles. The van der Waals surface area contributed by atoms with Gasteiger partial charge in [-0.25, -0.2) is 12.8 Å². The molecule has 1 atom stereocenters. The highest BCUT2D eigenvalue weighted by atomic mass is 32.2. The van der Waals surface area contributed by atoms with Gasteiger partial charge < -0.3 is 4.74 Å². The highest BCUT2D eigenvalue weighted by Crippen LogP contribution is 2.13. The second kappa shape index (κ2) is 9.13. The molecular formula is C18H19FN2O5S. The molecule has 9 heteroatoms. The summed E-state index contributed by atoms with van der Waals surface area (Å²) in [6.07, 6.45) is -1.27. The van der Waals surface area contributed by atoms with Gasteiger partial charge in [0, 0.05) is 6.42 Å². The Balaban J connectivity index is 1.77. The summed E-state index contributed by atoms with van der Waals surface area (Å²) in [4.78, 5) is 23.8. The maximum atomic E-state index is 12.8. The molecule has 2 N–H and O–H groups in total. The van der Waals surface area contributed by atoms with Gasteiger partial charge in [0.25, 0.3) is 5.91 Å². The summed E-state index contributed by atoms with van der Waals surface area (Å²) in [6, 6.07) is 12.9. The van der Waals surface area contributed by atoms with Crippen molar-refractivity contribution >= 4 is 21.7 Å². The number of hydrazine groups is 1. The Hall–Kier alpha value is -2.94. The lowest BCUT2D eigenvalue weighted by atomic mass is 10.3. The number of ether oxygens (including phenoxy) is 1. The van der Waals surface area contributed by atoms with Gasteiger partial charge in [0.15, 0.2) is 15.9 Å². The summed E-state index contributed by atoms with van der Waals surface area (Å²) in [5.41, 5.74) is 4.30. The third kappa shape index (κ3) is 6.37. The highest BCUT2D eigenvalue weighted by molar-refractivity contribution is 7.91. The van der Waals surface area contributed by atoms with Crippen molar-refractivity contribution in [1.82, 2.24) is 10.9 Å². The summed E-state index contributed by atoms with van der Waals surface area (Å²) >= 11 is 0. The Morgan fingerprint density at radius 1 is 1.04 bits per heavy atom. The van der Waals surface area contributed by atoms with Crippen molar-refractivity contribution < 1.29 is 27.1 Å². The molecule has 0 aromatic heterocycles. The maximum absolute atomic E-state index is 12.8. The number of halogens is 1. The lowest BCUT2D eigenvalue weighted by Gasteiger charge is -2.15. The summed E-state index contributed by atoms with van der Waals surface area (Å²) < 4.78 is 42.3. The number of carbonyl (C=O) groups excluding carboxylic acids is 2. The maximum Gasteiger partial charge on any atom is 0.279 e.